The Kier molecular flexibility index (Phi) is 3.15. The molecule has 0 spiro atoms. The average Bonchev–Trinajstić information content (AvgIpc) is 2.50. The minimum Gasteiger partial charge on any atom is -0.396 e. The molecule has 2 rings (SSSR count). The number of para-hydroxylation sites is 1. The van der Waals surface area contributed by atoms with Crippen molar-refractivity contribution in [2.24, 2.45) is 5.92 Å². The highest BCUT2D eigenvalue weighted by Gasteiger charge is 2.46. The largest absolute Gasteiger partial charge is 0.396 e. The zero-order chi connectivity index (χ0) is 12.6. The molecular formula is C13H16ClNO2. The fourth-order valence-corrected chi connectivity index (χ4v) is 2.64. The van der Waals surface area contributed by atoms with Crippen molar-refractivity contribution in [3.05, 3.63) is 29.3 Å². The molecule has 1 aromatic rings. The lowest BCUT2D eigenvalue weighted by atomic mass is 9.89. The van der Waals surface area contributed by atoms with Crippen LogP contribution in [0.15, 0.2) is 24.3 Å². The van der Waals surface area contributed by atoms with Crippen LogP contribution in [0.2, 0.25) is 5.02 Å². The lowest BCUT2D eigenvalue weighted by Gasteiger charge is -2.35. The van der Waals surface area contributed by atoms with Crippen LogP contribution in [0.3, 0.4) is 0 Å². The first kappa shape index (κ1) is 12.4. The second-order valence-electron chi connectivity index (χ2n) is 4.92. The quantitative estimate of drug-likeness (QED) is 0.880. The zero-order valence-corrected chi connectivity index (χ0v) is 10.7. The molecule has 1 aliphatic rings. The summed E-state index contributed by atoms with van der Waals surface area (Å²) in [6.45, 7) is 3.93. The topological polar surface area (TPSA) is 40.5 Å². The maximum absolute atomic E-state index is 12.1. The van der Waals surface area contributed by atoms with E-state index < -0.39 is 5.54 Å². The third kappa shape index (κ3) is 1.94. The van der Waals surface area contributed by atoms with Crippen molar-refractivity contribution in [1.82, 2.24) is 0 Å². The molecule has 0 radical (unpaired) electrons. The molecule has 1 unspecified atom stereocenters. The summed E-state index contributed by atoms with van der Waals surface area (Å²) in [5.41, 5.74) is 0.316. The van der Waals surface area contributed by atoms with Gasteiger partial charge in [0.05, 0.1) is 10.7 Å². The van der Waals surface area contributed by atoms with E-state index in [4.69, 9.17) is 11.6 Å². The first-order valence-electron chi connectivity index (χ1n) is 5.67. The zero-order valence-electron chi connectivity index (χ0n) is 9.98. The lowest BCUT2D eigenvalue weighted by molar-refractivity contribution is -0.117. The highest BCUT2D eigenvalue weighted by atomic mass is 35.5. The van der Waals surface area contributed by atoms with E-state index in [1.54, 1.807) is 11.0 Å². The van der Waals surface area contributed by atoms with Crippen molar-refractivity contribution in [3.8, 4) is 0 Å². The molecule has 1 saturated heterocycles. The van der Waals surface area contributed by atoms with Gasteiger partial charge in [0.15, 0.2) is 0 Å². The van der Waals surface area contributed by atoms with Crippen molar-refractivity contribution >= 4 is 23.2 Å². The summed E-state index contributed by atoms with van der Waals surface area (Å²) in [5.74, 6) is -0.0339. The van der Waals surface area contributed by atoms with E-state index in [1.807, 2.05) is 32.0 Å². The summed E-state index contributed by atoms with van der Waals surface area (Å²) < 4.78 is 0. The number of aliphatic hydroxyl groups is 1. The fourth-order valence-electron chi connectivity index (χ4n) is 2.42. The van der Waals surface area contributed by atoms with E-state index >= 15 is 0 Å². The van der Waals surface area contributed by atoms with Gasteiger partial charge >= 0.3 is 0 Å². The number of hydrogen-bond donors (Lipinski definition) is 1. The molecule has 92 valence electrons. The summed E-state index contributed by atoms with van der Waals surface area (Å²) >= 11 is 6.13. The standard InChI is InChI=1S/C13H16ClNO2/c1-13(2)9(8-16)7-12(17)15(13)11-6-4-3-5-10(11)14/h3-6,9,16H,7-8H2,1-2H3. The van der Waals surface area contributed by atoms with Gasteiger partial charge in [0.25, 0.3) is 0 Å². The first-order chi connectivity index (χ1) is 7.98. The maximum atomic E-state index is 12.1. The average molecular weight is 254 g/mol. The number of amides is 1. The normalized spacial score (nSPS) is 23.2. The number of benzene rings is 1. The van der Waals surface area contributed by atoms with E-state index in [-0.39, 0.29) is 18.4 Å². The third-order valence-electron chi connectivity index (χ3n) is 3.56. The van der Waals surface area contributed by atoms with Crippen LogP contribution in [0.5, 0.6) is 0 Å². The summed E-state index contributed by atoms with van der Waals surface area (Å²) in [4.78, 5) is 13.8. The molecule has 1 N–H and O–H groups in total. The van der Waals surface area contributed by atoms with Gasteiger partial charge in [0.2, 0.25) is 5.91 Å². The van der Waals surface area contributed by atoms with Crippen LogP contribution in [-0.4, -0.2) is 23.2 Å². The molecule has 1 fully saturated rings. The molecule has 0 aliphatic carbocycles. The number of carbonyl (C=O) groups is 1. The molecular weight excluding hydrogens is 238 g/mol. The predicted molar refractivity (Wildman–Crippen MR) is 68.2 cm³/mol. The summed E-state index contributed by atoms with van der Waals surface area (Å²) in [6.07, 6.45) is 0.370. The number of rotatable bonds is 2. The second kappa shape index (κ2) is 4.31. The molecule has 1 amide bonds. The van der Waals surface area contributed by atoms with Crippen LogP contribution >= 0.6 is 11.6 Å². The Labute approximate surface area is 106 Å². The molecule has 1 atom stereocenters. The van der Waals surface area contributed by atoms with Gasteiger partial charge in [-0.2, -0.15) is 0 Å². The summed E-state index contributed by atoms with van der Waals surface area (Å²) in [6, 6.07) is 7.30. The third-order valence-corrected chi connectivity index (χ3v) is 3.88. The maximum Gasteiger partial charge on any atom is 0.227 e. The second-order valence-corrected chi connectivity index (χ2v) is 5.33. The molecule has 0 aromatic heterocycles. The highest BCUT2D eigenvalue weighted by molar-refractivity contribution is 6.34. The Bertz CT molecular complexity index is 445. The Hall–Kier alpha value is -1.06. The number of nitrogens with zero attached hydrogens (tertiary/aromatic N) is 1. The molecule has 1 aliphatic heterocycles. The van der Waals surface area contributed by atoms with Crippen LogP contribution < -0.4 is 4.90 Å². The van der Waals surface area contributed by atoms with Gasteiger partial charge in [-0.3, -0.25) is 4.79 Å². The first-order valence-corrected chi connectivity index (χ1v) is 6.04. The molecule has 0 saturated carbocycles. The van der Waals surface area contributed by atoms with E-state index in [0.29, 0.717) is 11.4 Å². The van der Waals surface area contributed by atoms with Crippen molar-refractivity contribution < 1.29 is 9.90 Å². The van der Waals surface area contributed by atoms with Gasteiger partial charge < -0.3 is 10.0 Å². The van der Waals surface area contributed by atoms with E-state index in [9.17, 15) is 9.90 Å². The minimum absolute atomic E-state index is 0.0136. The summed E-state index contributed by atoms with van der Waals surface area (Å²) in [7, 11) is 0. The van der Waals surface area contributed by atoms with E-state index in [2.05, 4.69) is 0 Å². The van der Waals surface area contributed by atoms with Gasteiger partial charge in [0, 0.05) is 24.5 Å². The monoisotopic (exact) mass is 253 g/mol. The Morgan fingerprint density at radius 2 is 2.12 bits per heavy atom. The van der Waals surface area contributed by atoms with Gasteiger partial charge in [-0.1, -0.05) is 23.7 Å². The number of aliphatic hydroxyl groups excluding tert-OH is 1. The number of hydrogen-bond acceptors (Lipinski definition) is 2. The molecule has 1 aromatic carbocycles. The minimum atomic E-state index is -0.406. The molecule has 4 heteroatoms. The van der Waals surface area contributed by atoms with Gasteiger partial charge in [0.1, 0.15) is 0 Å². The van der Waals surface area contributed by atoms with Gasteiger partial charge in [-0.05, 0) is 26.0 Å². The highest BCUT2D eigenvalue weighted by Crippen LogP contribution is 2.41. The van der Waals surface area contributed by atoms with Crippen molar-refractivity contribution in [1.29, 1.82) is 0 Å². The van der Waals surface area contributed by atoms with Gasteiger partial charge in [-0.25, -0.2) is 0 Å². The van der Waals surface area contributed by atoms with Crippen LogP contribution in [0.4, 0.5) is 5.69 Å². The molecule has 17 heavy (non-hydrogen) atoms. The van der Waals surface area contributed by atoms with Crippen LogP contribution in [0.1, 0.15) is 20.3 Å². The Morgan fingerprint density at radius 3 is 2.65 bits per heavy atom. The number of anilines is 1. The van der Waals surface area contributed by atoms with Crippen molar-refractivity contribution in [2.45, 2.75) is 25.8 Å². The SMILES string of the molecule is CC1(C)C(CO)CC(=O)N1c1ccccc1Cl. The van der Waals surface area contributed by atoms with Gasteiger partial charge in [-0.15, -0.1) is 0 Å². The molecule has 1 heterocycles. The number of carbonyl (C=O) groups excluding carboxylic acids is 1. The summed E-state index contributed by atoms with van der Waals surface area (Å²) in [5, 5.41) is 9.90. The fraction of sp³-hybridized carbons (Fsp3) is 0.462. The molecule has 3 nitrogen and oxygen atoms in total. The molecule has 0 bridgehead atoms. The van der Waals surface area contributed by atoms with Crippen LogP contribution in [0, 0.1) is 5.92 Å². The lowest BCUT2D eigenvalue weighted by Crippen LogP contribution is -2.45. The van der Waals surface area contributed by atoms with E-state index in [1.165, 1.54) is 0 Å². The van der Waals surface area contributed by atoms with Crippen LogP contribution in [0.25, 0.3) is 0 Å². The van der Waals surface area contributed by atoms with Crippen LogP contribution in [-0.2, 0) is 4.79 Å². The van der Waals surface area contributed by atoms with Crippen molar-refractivity contribution in [3.63, 3.8) is 0 Å². The number of halogens is 1. The predicted octanol–water partition coefficient (Wildman–Crippen LogP) is 2.46. The Balaban J connectivity index is 2.45. The van der Waals surface area contributed by atoms with E-state index in [0.717, 1.165) is 5.69 Å². The Morgan fingerprint density at radius 1 is 1.47 bits per heavy atom. The smallest absolute Gasteiger partial charge is 0.227 e. The van der Waals surface area contributed by atoms with Crippen molar-refractivity contribution in [2.75, 3.05) is 11.5 Å².